The first-order valence-electron chi connectivity index (χ1n) is 11.5. The summed E-state index contributed by atoms with van der Waals surface area (Å²) in [5.74, 6) is -1.41. The van der Waals surface area contributed by atoms with Gasteiger partial charge in [0.1, 0.15) is 24.1 Å². The molecular weight excluding hydrogens is 450 g/mol. The number of carboxylic acids is 1. The first kappa shape index (κ1) is 24.0. The van der Waals surface area contributed by atoms with E-state index in [4.69, 9.17) is 14.4 Å². The molecular formula is C26H27N3O6. The minimum Gasteiger partial charge on any atom is -0.481 e. The van der Waals surface area contributed by atoms with E-state index in [1.165, 1.54) is 6.26 Å². The van der Waals surface area contributed by atoms with Crippen LogP contribution in [-0.4, -0.2) is 40.9 Å². The lowest BCUT2D eigenvalue weighted by Crippen LogP contribution is -2.35. The van der Waals surface area contributed by atoms with E-state index in [9.17, 15) is 14.4 Å². The molecule has 182 valence electrons. The molecule has 1 aliphatic rings. The van der Waals surface area contributed by atoms with Crippen LogP contribution >= 0.6 is 0 Å². The van der Waals surface area contributed by atoms with Gasteiger partial charge in [0.15, 0.2) is 0 Å². The van der Waals surface area contributed by atoms with Crippen molar-refractivity contribution in [3.05, 3.63) is 77.2 Å². The molecule has 35 heavy (non-hydrogen) atoms. The number of carbonyl (C=O) groups is 3. The van der Waals surface area contributed by atoms with Crippen LogP contribution in [0, 0.1) is 0 Å². The standard InChI is InChI=1S/C26H27N3O6/c1-2-16(11-12-24(30)31)28-25(32)22-15-35-29-23(22)13-27-26(33)34-14-21-19-9-5-3-7-17(19)18-8-4-6-10-20(18)21/h3-10,15-16,21H,2,11-14H2,1H3,(H,27,33)(H,28,32)(H,30,31). The van der Waals surface area contributed by atoms with E-state index < -0.39 is 18.0 Å². The number of nitrogens with zero attached hydrogens (tertiary/aromatic N) is 1. The van der Waals surface area contributed by atoms with Crippen LogP contribution < -0.4 is 10.6 Å². The van der Waals surface area contributed by atoms with Gasteiger partial charge in [0.05, 0.1) is 6.54 Å². The van der Waals surface area contributed by atoms with Crippen molar-refractivity contribution in [1.82, 2.24) is 15.8 Å². The number of amides is 2. The maximum atomic E-state index is 12.6. The molecule has 1 unspecified atom stereocenters. The van der Waals surface area contributed by atoms with E-state index in [0.29, 0.717) is 12.8 Å². The minimum absolute atomic E-state index is 0.0430. The van der Waals surface area contributed by atoms with Gasteiger partial charge in [-0.25, -0.2) is 4.79 Å². The van der Waals surface area contributed by atoms with Crippen LogP contribution in [0.15, 0.2) is 59.3 Å². The highest BCUT2D eigenvalue weighted by Gasteiger charge is 2.29. The summed E-state index contributed by atoms with van der Waals surface area (Å²) in [5.41, 5.74) is 4.95. The maximum absolute atomic E-state index is 12.6. The number of benzene rings is 2. The minimum atomic E-state index is -0.921. The first-order valence-corrected chi connectivity index (χ1v) is 11.5. The number of fused-ring (bicyclic) bond motifs is 3. The Bertz CT molecular complexity index is 1180. The zero-order chi connectivity index (χ0) is 24.8. The molecule has 0 spiro atoms. The molecule has 0 saturated carbocycles. The fourth-order valence-electron chi connectivity index (χ4n) is 4.32. The van der Waals surface area contributed by atoms with Gasteiger partial charge in [-0.15, -0.1) is 0 Å². The number of alkyl carbamates (subject to hydrolysis) is 1. The fourth-order valence-corrected chi connectivity index (χ4v) is 4.32. The van der Waals surface area contributed by atoms with Gasteiger partial charge in [-0.2, -0.15) is 0 Å². The van der Waals surface area contributed by atoms with E-state index in [1.54, 1.807) is 0 Å². The van der Waals surface area contributed by atoms with Crippen LogP contribution in [0.2, 0.25) is 0 Å². The number of rotatable bonds is 10. The smallest absolute Gasteiger partial charge is 0.407 e. The summed E-state index contributed by atoms with van der Waals surface area (Å²) < 4.78 is 10.4. The third-order valence-corrected chi connectivity index (χ3v) is 6.17. The fraction of sp³-hybridized carbons (Fsp3) is 0.308. The molecule has 4 rings (SSSR count). The molecule has 1 heterocycles. The summed E-state index contributed by atoms with van der Waals surface area (Å²) in [5, 5.41) is 18.1. The van der Waals surface area contributed by atoms with Gasteiger partial charge in [0.2, 0.25) is 0 Å². The Labute approximate surface area is 202 Å². The molecule has 0 radical (unpaired) electrons. The Balaban J connectivity index is 1.32. The molecule has 3 aromatic rings. The van der Waals surface area contributed by atoms with E-state index >= 15 is 0 Å². The molecule has 9 heteroatoms. The van der Waals surface area contributed by atoms with Crippen LogP contribution in [0.4, 0.5) is 4.79 Å². The van der Waals surface area contributed by atoms with Crippen LogP contribution in [0.1, 0.15) is 59.3 Å². The Hall–Kier alpha value is -4.14. The molecule has 0 aliphatic heterocycles. The first-order chi connectivity index (χ1) is 17.0. The Morgan fingerprint density at radius 2 is 1.74 bits per heavy atom. The number of ether oxygens (including phenoxy) is 1. The summed E-state index contributed by atoms with van der Waals surface area (Å²) in [6, 6.07) is 15.9. The van der Waals surface area contributed by atoms with Crippen LogP contribution in [0.25, 0.3) is 11.1 Å². The van der Waals surface area contributed by atoms with Crippen molar-refractivity contribution in [3.63, 3.8) is 0 Å². The molecule has 1 atom stereocenters. The average molecular weight is 478 g/mol. The SMILES string of the molecule is CCC(CCC(=O)O)NC(=O)c1conc1CNC(=O)OCC1c2ccccc2-c2ccccc21. The molecule has 9 nitrogen and oxygen atoms in total. The third-order valence-electron chi connectivity index (χ3n) is 6.17. The number of carboxylic acid groups (broad SMARTS) is 1. The summed E-state index contributed by atoms with van der Waals surface area (Å²) in [4.78, 5) is 35.8. The van der Waals surface area contributed by atoms with Gasteiger partial charge in [0.25, 0.3) is 5.91 Å². The van der Waals surface area contributed by atoms with Crippen LogP contribution in [-0.2, 0) is 16.1 Å². The maximum Gasteiger partial charge on any atom is 0.407 e. The third kappa shape index (κ3) is 5.51. The Morgan fingerprint density at radius 1 is 1.09 bits per heavy atom. The van der Waals surface area contributed by atoms with E-state index in [0.717, 1.165) is 22.3 Å². The zero-order valence-electron chi connectivity index (χ0n) is 19.3. The lowest BCUT2D eigenvalue weighted by molar-refractivity contribution is -0.137. The van der Waals surface area contributed by atoms with Crippen molar-refractivity contribution >= 4 is 18.0 Å². The number of hydrogen-bond acceptors (Lipinski definition) is 6. The van der Waals surface area contributed by atoms with Crippen molar-refractivity contribution in [2.24, 2.45) is 0 Å². The number of aliphatic carboxylic acids is 1. The molecule has 1 aromatic heterocycles. The van der Waals surface area contributed by atoms with Crippen LogP contribution in [0.5, 0.6) is 0 Å². The number of carbonyl (C=O) groups excluding carboxylic acids is 2. The number of aromatic nitrogens is 1. The van der Waals surface area contributed by atoms with Crippen molar-refractivity contribution in [2.45, 2.75) is 44.7 Å². The van der Waals surface area contributed by atoms with Gasteiger partial charge < -0.3 is 25.0 Å². The highest BCUT2D eigenvalue weighted by Crippen LogP contribution is 2.44. The molecule has 0 saturated heterocycles. The monoisotopic (exact) mass is 477 g/mol. The second kappa shape index (κ2) is 10.9. The lowest BCUT2D eigenvalue weighted by atomic mass is 9.98. The van der Waals surface area contributed by atoms with E-state index in [2.05, 4.69) is 27.9 Å². The van der Waals surface area contributed by atoms with Crippen molar-refractivity contribution in [1.29, 1.82) is 0 Å². The van der Waals surface area contributed by atoms with Crippen LogP contribution in [0.3, 0.4) is 0 Å². The van der Waals surface area contributed by atoms with Gasteiger partial charge in [-0.05, 0) is 35.1 Å². The average Bonchev–Trinajstić information content (AvgIpc) is 3.46. The van der Waals surface area contributed by atoms with Crippen molar-refractivity contribution < 1.29 is 28.8 Å². The topological polar surface area (TPSA) is 131 Å². The van der Waals surface area contributed by atoms with Gasteiger partial charge in [-0.3, -0.25) is 9.59 Å². The van der Waals surface area contributed by atoms with Crippen molar-refractivity contribution in [2.75, 3.05) is 6.61 Å². The number of hydrogen-bond donors (Lipinski definition) is 3. The predicted molar refractivity (Wildman–Crippen MR) is 127 cm³/mol. The molecule has 1 aliphatic carbocycles. The van der Waals surface area contributed by atoms with Gasteiger partial charge >= 0.3 is 12.1 Å². The molecule has 0 fully saturated rings. The Kier molecular flexibility index (Phi) is 7.45. The Morgan fingerprint density at radius 3 is 2.37 bits per heavy atom. The molecule has 0 bridgehead atoms. The highest BCUT2D eigenvalue weighted by atomic mass is 16.5. The second-order valence-electron chi connectivity index (χ2n) is 8.37. The normalized spacial score (nSPS) is 12.9. The molecule has 2 amide bonds. The largest absolute Gasteiger partial charge is 0.481 e. The number of nitrogens with one attached hydrogen (secondary N) is 2. The quantitative estimate of drug-likeness (QED) is 0.401. The summed E-state index contributed by atoms with van der Waals surface area (Å²) in [6.45, 7) is 1.98. The van der Waals surface area contributed by atoms with E-state index in [-0.39, 0.29) is 42.8 Å². The zero-order valence-corrected chi connectivity index (χ0v) is 19.3. The summed E-state index contributed by atoms with van der Waals surface area (Å²) in [7, 11) is 0. The lowest BCUT2D eigenvalue weighted by Gasteiger charge is -2.16. The highest BCUT2D eigenvalue weighted by molar-refractivity contribution is 5.95. The van der Waals surface area contributed by atoms with Gasteiger partial charge in [-0.1, -0.05) is 60.6 Å². The second-order valence-corrected chi connectivity index (χ2v) is 8.37. The predicted octanol–water partition coefficient (Wildman–Crippen LogP) is 4.09. The molecule has 2 aromatic carbocycles. The summed E-state index contributed by atoms with van der Waals surface area (Å²) in [6.07, 6.45) is 1.43. The van der Waals surface area contributed by atoms with Gasteiger partial charge in [0, 0.05) is 18.4 Å². The molecule has 3 N–H and O–H groups in total. The van der Waals surface area contributed by atoms with E-state index in [1.807, 2.05) is 43.3 Å². The van der Waals surface area contributed by atoms with Crippen molar-refractivity contribution in [3.8, 4) is 11.1 Å². The summed E-state index contributed by atoms with van der Waals surface area (Å²) >= 11 is 0.